The average Bonchev–Trinajstić information content (AvgIpc) is 3.39. The highest BCUT2D eigenvalue weighted by molar-refractivity contribution is 9.10. The van der Waals surface area contributed by atoms with Gasteiger partial charge in [-0.25, -0.2) is 40.9 Å². The molecule has 0 radical (unpaired) electrons. The van der Waals surface area contributed by atoms with E-state index >= 15 is 0 Å². The maximum atomic E-state index is 13.3. The summed E-state index contributed by atoms with van der Waals surface area (Å²) in [5, 5.41) is 5.95. The molecule has 0 heterocycles. The number of isothiocyanates is 1. The summed E-state index contributed by atoms with van der Waals surface area (Å²) in [7, 11) is 0. The van der Waals surface area contributed by atoms with Gasteiger partial charge in [0.15, 0.2) is 34.9 Å². The van der Waals surface area contributed by atoms with Crippen LogP contribution in [0.3, 0.4) is 0 Å². The minimum Gasteiger partial charge on any atom is -0.396 e. The molecule has 14 nitrogen and oxygen atoms in total. The van der Waals surface area contributed by atoms with Crippen LogP contribution < -0.4 is 27.8 Å². The summed E-state index contributed by atoms with van der Waals surface area (Å²) in [6, 6.07) is 18.6. The Bertz CT molecular complexity index is 3330. The van der Waals surface area contributed by atoms with Crippen LogP contribution in [0, 0.1) is 54.6 Å². The van der Waals surface area contributed by atoms with Crippen molar-refractivity contribution in [2.24, 2.45) is 4.99 Å². The second-order valence-electron chi connectivity index (χ2n) is 13.5. The molecule has 31 heteroatoms. The third kappa shape index (κ3) is 27.7. The van der Waals surface area contributed by atoms with Crippen LogP contribution in [-0.4, -0.2) is 33.7 Å². The molecule has 0 aliphatic rings. The number of carbonyl (C=O) groups is 4. The monoisotopic (exact) mass is 1410 g/mol. The molecule has 0 saturated carbocycles. The lowest BCUT2D eigenvalue weighted by Crippen LogP contribution is -2.07. The number of thiocarbonyl (C=S) groups is 2. The predicted molar refractivity (Wildman–Crippen MR) is 321 cm³/mol. The van der Waals surface area contributed by atoms with Gasteiger partial charge in [-0.2, -0.15) is 4.99 Å². The molecule has 0 aromatic heterocycles. The van der Waals surface area contributed by atoms with Crippen molar-refractivity contribution in [1.82, 2.24) is 0 Å². The van der Waals surface area contributed by atoms with Crippen LogP contribution in [0.25, 0.3) is 14.5 Å². The van der Waals surface area contributed by atoms with Crippen molar-refractivity contribution in [3.8, 4) is 0 Å². The Balaban J connectivity index is 0. The zero-order valence-corrected chi connectivity index (χ0v) is 50.7. The molecular weight excluding hydrogens is 1380 g/mol. The van der Waals surface area contributed by atoms with E-state index in [-0.39, 0.29) is 87.2 Å². The van der Waals surface area contributed by atoms with Gasteiger partial charge in [0, 0.05) is 36.6 Å². The first kappa shape index (κ1) is 75.8. The van der Waals surface area contributed by atoms with Gasteiger partial charge in [-0.05, 0) is 98.7 Å². The fourth-order valence-corrected chi connectivity index (χ4v) is 6.23. The summed E-state index contributed by atoms with van der Waals surface area (Å²) in [6.45, 7) is 24.9. The van der Waals surface area contributed by atoms with Crippen molar-refractivity contribution in [1.29, 1.82) is 0 Å². The Hall–Kier alpha value is -6.27. The molecular formula is C49H34Br2Cl7F6N9O5S2. The van der Waals surface area contributed by atoms with E-state index in [2.05, 4.69) is 103 Å². The molecule has 0 aliphatic heterocycles. The number of rotatable bonds is 3. The Morgan fingerprint density at radius 2 is 0.900 bits per heavy atom. The molecule has 0 atom stereocenters. The van der Waals surface area contributed by atoms with E-state index in [0.29, 0.717) is 8.95 Å². The topological polar surface area (TPSA) is 205 Å². The number of nitrogen functional groups attached to an aromatic ring is 3. The Labute approximate surface area is 516 Å². The van der Waals surface area contributed by atoms with E-state index < -0.39 is 52.7 Å². The van der Waals surface area contributed by atoms with E-state index in [1.165, 1.54) is 88.4 Å². The highest BCUT2D eigenvalue weighted by Crippen LogP contribution is 2.35. The van der Waals surface area contributed by atoms with Crippen LogP contribution in [0.1, 0.15) is 27.7 Å². The number of nitrogens with one attached hydrogen (secondary N) is 2. The van der Waals surface area contributed by atoms with Crippen LogP contribution in [-0.2, 0) is 23.9 Å². The normalized spacial score (nSPS) is 9.05. The number of halogens is 15. The van der Waals surface area contributed by atoms with Gasteiger partial charge in [0.05, 0.1) is 88.3 Å². The first-order valence-electron chi connectivity index (χ1n) is 20.2. The second kappa shape index (κ2) is 40.0. The molecule has 0 aliphatic carbocycles. The van der Waals surface area contributed by atoms with Crippen molar-refractivity contribution in [2.45, 2.75) is 27.7 Å². The Morgan fingerprint density at radius 1 is 0.562 bits per heavy atom. The zero-order valence-electron chi connectivity index (χ0n) is 40.6. The van der Waals surface area contributed by atoms with E-state index in [0.717, 1.165) is 4.83 Å². The second-order valence-corrected chi connectivity index (χ2v) is 18.4. The maximum Gasteiger partial charge on any atom is 0.310 e. The number of ether oxygens (including phenoxy) is 1. The number of esters is 2. The fourth-order valence-electron chi connectivity index (χ4n) is 4.38. The van der Waals surface area contributed by atoms with Gasteiger partial charge in [0.25, 0.3) is 0 Å². The van der Waals surface area contributed by atoms with Crippen LogP contribution in [0.15, 0.2) is 92.8 Å². The molecule has 0 fully saturated rings. The van der Waals surface area contributed by atoms with Crippen molar-refractivity contribution in [2.75, 3.05) is 27.8 Å². The van der Waals surface area contributed by atoms with Crippen molar-refractivity contribution in [3.05, 3.63) is 187 Å². The number of anilines is 5. The van der Waals surface area contributed by atoms with Gasteiger partial charge in [-0.1, -0.05) is 118 Å². The molecule has 80 heavy (non-hydrogen) atoms. The molecule has 0 spiro atoms. The van der Waals surface area contributed by atoms with E-state index in [9.17, 15) is 45.5 Å². The maximum absolute atomic E-state index is 13.3. The SMILES string of the molecule is CC(=O)Nc1ccc(Br)c(Cl)c1F.CC(=O)OC(C)=O.Nc1ccc(Br)c(Cl)c1F.Nc1cccc(Cl)c1F.S=CCl.[C-]#[N+]c1ccc(N)c(F)c1Cl.[C-]#[N+]c1ccc(N=C=S)c(F)c1Cl.[C-]#[N+]c1ccc(NC(C)=O)c(F)c1Cl. The van der Waals surface area contributed by atoms with Gasteiger partial charge in [-0.15, -0.1) is 0 Å². The Morgan fingerprint density at radius 3 is 1.27 bits per heavy atom. The highest BCUT2D eigenvalue weighted by Gasteiger charge is 2.14. The lowest BCUT2D eigenvalue weighted by molar-refractivity contribution is -0.156. The largest absolute Gasteiger partial charge is 0.396 e. The minimum absolute atomic E-state index is 0.00704. The van der Waals surface area contributed by atoms with Gasteiger partial charge >= 0.3 is 11.9 Å². The smallest absolute Gasteiger partial charge is 0.310 e. The summed E-state index contributed by atoms with van der Waals surface area (Å²) in [5.74, 6) is -5.85. The average molecular weight is 1410 g/mol. The molecule has 0 bridgehead atoms. The molecule has 422 valence electrons. The first-order valence-corrected chi connectivity index (χ1v) is 25.4. The number of hydrogen-bond donors (Lipinski definition) is 5. The number of aliphatic imine (C=N–C) groups is 1. The van der Waals surface area contributed by atoms with Crippen LogP contribution in [0.4, 0.5) is 77.5 Å². The highest BCUT2D eigenvalue weighted by atomic mass is 79.9. The lowest BCUT2D eigenvalue weighted by atomic mass is 10.2. The summed E-state index contributed by atoms with van der Waals surface area (Å²) >= 11 is 52.1. The standard InChI is InChI=1S/C9H6ClFN2O.C8H6BrClFNO.C8H2ClFN2S.C7H4ClFN2.C6H4BrClFN.C6H5ClFN.C4H6O3.CHClS/c1-5(14)13-7-4-3-6(12-2)8(10)9(7)11;1-4(13)12-6-3-2-5(9)7(10)8(6)11;1-11-5-2-3-6(12-4-13)8(10)7(5)9;1-11-5-3-2-4(10)7(9)6(5)8;7-3-1-2-4(10)6(9)5(3)8;7-4-2-1-3-5(9)6(4)8;1-3(5)7-4(2)6;2-1-3/h3-4H,1H3,(H,13,14);2-3H,1H3,(H,12,13);2-3H;2-3H,10H2;1-2H,10H2;1-3H,9H2;1-2H3;1H. The number of nitrogens with zero attached hydrogens (tertiary/aromatic N) is 4. The Kier molecular flexibility index (Phi) is 37.9. The van der Waals surface area contributed by atoms with Crippen molar-refractivity contribution >= 4 is 222 Å². The van der Waals surface area contributed by atoms with Crippen molar-refractivity contribution in [3.63, 3.8) is 0 Å². The minimum atomic E-state index is -0.782. The molecule has 6 aromatic rings. The lowest BCUT2D eigenvalue weighted by Gasteiger charge is -2.05. The molecule has 0 saturated heterocycles. The number of carbonyl (C=O) groups excluding carboxylic acids is 4. The summed E-state index contributed by atoms with van der Waals surface area (Å²) in [6.07, 6.45) is 0. The number of nitrogens with two attached hydrogens (primary N) is 3. The van der Waals surface area contributed by atoms with Gasteiger partial charge in [0.1, 0.15) is 5.69 Å². The molecule has 6 rings (SSSR count). The van der Waals surface area contributed by atoms with E-state index in [4.69, 9.17) is 107 Å². The summed E-state index contributed by atoms with van der Waals surface area (Å²) < 4.78 is 82.6. The van der Waals surface area contributed by atoms with Gasteiger partial charge in [0.2, 0.25) is 28.9 Å². The molecule has 8 N–H and O–H groups in total. The van der Waals surface area contributed by atoms with Crippen molar-refractivity contribution < 1.29 is 50.3 Å². The van der Waals surface area contributed by atoms with Gasteiger partial charge in [-0.3, -0.25) is 19.2 Å². The molecule has 6 aromatic carbocycles. The number of hydrogen-bond acceptors (Lipinski definition) is 11. The first-order chi connectivity index (χ1) is 37.3. The van der Waals surface area contributed by atoms with E-state index in [1.807, 2.05) is 5.16 Å². The summed E-state index contributed by atoms with van der Waals surface area (Å²) in [5.41, 5.74) is 15.9. The van der Waals surface area contributed by atoms with Crippen LogP contribution >= 0.6 is 138 Å². The quantitative estimate of drug-likeness (QED) is 0.0130. The molecule has 0 unspecified atom stereocenters. The third-order valence-corrected chi connectivity index (χ3v) is 11.7. The predicted octanol–water partition coefficient (Wildman–Crippen LogP) is 18.7. The zero-order chi connectivity index (χ0) is 62.1. The number of benzene rings is 6. The van der Waals surface area contributed by atoms with Crippen LogP contribution in [0.2, 0.25) is 30.1 Å². The van der Waals surface area contributed by atoms with Crippen LogP contribution in [0.5, 0.6) is 0 Å². The fraction of sp³-hybridized carbons (Fsp3) is 0.0816. The third-order valence-electron chi connectivity index (χ3n) is 7.71. The summed E-state index contributed by atoms with van der Waals surface area (Å²) in [4.78, 5) is 54.4. The van der Waals surface area contributed by atoms with E-state index in [1.54, 1.807) is 18.2 Å². The number of amides is 2. The molecule has 2 amide bonds. The van der Waals surface area contributed by atoms with Gasteiger partial charge < -0.3 is 32.6 Å².